The van der Waals surface area contributed by atoms with E-state index >= 15 is 0 Å². The highest BCUT2D eigenvalue weighted by molar-refractivity contribution is 6.28. The van der Waals surface area contributed by atoms with Crippen LogP contribution in [0.15, 0.2) is 6.20 Å². The van der Waals surface area contributed by atoms with Gasteiger partial charge < -0.3 is 11.5 Å². The molecule has 6 heteroatoms. The van der Waals surface area contributed by atoms with Crippen LogP contribution in [-0.4, -0.2) is 16.0 Å². The Morgan fingerprint density at radius 3 is 2.72 bits per heavy atom. The molecule has 1 aliphatic carbocycles. The van der Waals surface area contributed by atoms with E-state index in [0.717, 1.165) is 12.6 Å². The second-order valence-electron chi connectivity index (χ2n) is 6.00. The van der Waals surface area contributed by atoms with Crippen molar-refractivity contribution in [2.24, 2.45) is 16.9 Å². The minimum Gasteiger partial charge on any atom is -0.328 e. The van der Waals surface area contributed by atoms with Gasteiger partial charge in [0.05, 0.1) is 11.7 Å². The molecule has 0 saturated heterocycles. The fourth-order valence-corrected chi connectivity index (χ4v) is 3.26. The molecule has 1 aliphatic rings. The molecule has 0 aromatic carbocycles. The van der Waals surface area contributed by atoms with E-state index in [1.165, 1.54) is 0 Å². The van der Waals surface area contributed by atoms with Gasteiger partial charge >= 0.3 is 0 Å². The van der Waals surface area contributed by atoms with E-state index in [1.807, 2.05) is 0 Å². The molecule has 18 heavy (non-hydrogen) atoms. The molecule has 1 aromatic heterocycles. The lowest BCUT2D eigenvalue weighted by Gasteiger charge is -2.45. The summed E-state index contributed by atoms with van der Waals surface area (Å²) in [5.74, 6) is -0.521. The lowest BCUT2D eigenvalue weighted by molar-refractivity contribution is 0.126. The molecule has 2 rings (SSSR count). The summed E-state index contributed by atoms with van der Waals surface area (Å²) in [6.07, 6.45) is 3.05. The zero-order valence-corrected chi connectivity index (χ0v) is 11.3. The predicted octanol–water partition coefficient (Wildman–Crippen LogP) is 1.96. The first-order valence-corrected chi connectivity index (χ1v) is 6.33. The molecule has 100 valence electrons. The van der Waals surface area contributed by atoms with Crippen LogP contribution in [0.5, 0.6) is 0 Å². The number of halogens is 2. The number of nitrogens with zero attached hydrogens (tertiary/aromatic N) is 2. The monoisotopic (exact) mass is 272 g/mol. The maximum absolute atomic E-state index is 13.9. The lowest BCUT2D eigenvalue weighted by atomic mass is 9.65. The van der Waals surface area contributed by atoms with Crippen molar-refractivity contribution in [1.82, 2.24) is 9.97 Å². The standard InChI is InChI=1S/C12H18ClFN4/c1-11(2)3-7(15)4-12(16,6-11)9-8(14)5-17-10(13)18-9/h5,7H,3-4,6,15-16H2,1-2H3. The normalized spacial score (nSPS) is 31.3. The van der Waals surface area contributed by atoms with Crippen LogP contribution >= 0.6 is 11.6 Å². The summed E-state index contributed by atoms with van der Waals surface area (Å²) in [6.45, 7) is 4.16. The zero-order valence-electron chi connectivity index (χ0n) is 10.6. The number of aromatic nitrogens is 2. The summed E-state index contributed by atoms with van der Waals surface area (Å²) in [7, 11) is 0. The van der Waals surface area contributed by atoms with Gasteiger partial charge in [0.2, 0.25) is 5.28 Å². The Morgan fingerprint density at radius 2 is 2.11 bits per heavy atom. The Labute approximate surface area is 111 Å². The molecular weight excluding hydrogens is 255 g/mol. The molecular formula is C12H18ClFN4. The van der Waals surface area contributed by atoms with Gasteiger partial charge in [0.15, 0.2) is 5.82 Å². The smallest absolute Gasteiger partial charge is 0.222 e. The van der Waals surface area contributed by atoms with Gasteiger partial charge in [-0.25, -0.2) is 14.4 Å². The van der Waals surface area contributed by atoms with Crippen LogP contribution in [0.25, 0.3) is 0 Å². The third kappa shape index (κ3) is 2.63. The van der Waals surface area contributed by atoms with Crippen molar-refractivity contribution in [2.75, 3.05) is 0 Å². The molecule has 0 aliphatic heterocycles. The highest BCUT2D eigenvalue weighted by Gasteiger charge is 2.44. The third-order valence-electron chi connectivity index (χ3n) is 3.42. The molecule has 0 spiro atoms. The fourth-order valence-electron chi connectivity index (χ4n) is 3.12. The van der Waals surface area contributed by atoms with Crippen molar-refractivity contribution in [3.05, 3.63) is 23.0 Å². The van der Waals surface area contributed by atoms with Crippen LogP contribution in [0.2, 0.25) is 5.28 Å². The number of hydrogen-bond acceptors (Lipinski definition) is 4. The molecule has 1 saturated carbocycles. The van der Waals surface area contributed by atoms with Crippen molar-refractivity contribution in [2.45, 2.75) is 44.7 Å². The van der Waals surface area contributed by atoms with E-state index in [2.05, 4.69) is 23.8 Å². The number of hydrogen-bond donors (Lipinski definition) is 2. The van der Waals surface area contributed by atoms with Crippen molar-refractivity contribution >= 4 is 11.6 Å². The molecule has 0 radical (unpaired) electrons. The third-order valence-corrected chi connectivity index (χ3v) is 3.60. The maximum Gasteiger partial charge on any atom is 0.222 e. The summed E-state index contributed by atoms with van der Waals surface area (Å²) in [6, 6.07) is -0.0631. The van der Waals surface area contributed by atoms with Gasteiger partial charge in [0.25, 0.3) is 0 Å². The van der Waals surface area contributed by atoms with Gasteiger partial charge in [-0.05, 0) is 36.3 Å². The number of nitrogens with two attached hydrogens (primary N) is 2. The first kappa shape index (κ1) is 13.6. The number of rotatable bonds is 1. The van der Waals surface area contributed by atoms with Crippen LogP contribution in [0, 0.1) is 11.2 Å². The molecule has 2 unspecified atom stereocenters. The van der Waals surface area contributed by atoms with E-state index in [1.54, 1.807) is 0 Å². The molecule has 4 nitrogen and oxygen atoms in total. The van der Waals surface area contributed by atoms with Gasteiger partial charge in [-0.1, -0.05) is 13.8 Å². The average molecular weight is 273 g/mol. The molecule has 2 atom stereocenters. The van der Waals surface area contributed by atoms with E-state index in [9.17, 15) is 4.39 Å². The van der Waals surface area contributed by atoms with E-state index < -0.39 is 11.4 Å². The largest absolute Gasteiger partial charge is 0.328 e. The Bertz CT molecular complexity index is 465. The van der Waals surface area contributed by atoms with E-state index in [-0.39, 0.29) is 22.4 Å². The van der Waals surface area contributed by atoms with Crippen LogP contribution in [0.3, 0.4) is 0 Å². The van der Waals surface area contributed by atoms with Gasteiger partial charge in [-0.15, -0.1) is 0 Å². The first-order chi connectivity index (χ1) is 8.22. The highest BCUT2D eigenvalue weighted by Crippen LogP contribution is 2.44. The summed E-state index contributed by atoms with van der Waals surface area (Å²) in [5.41, 5.74) is 11.6. The summed E-state index contributed by atoms with van der Waals surface area (Å²) in [5, 5.41) is 0.00757. The van der Waals surface area contributed by atoms with Crippen LogP contribution < -0.4 is 11.5 Å². The second kappa shape index (κ2) is 4.40. The first-order valence-electron chi connectivity index (χ1n) is 5.95. The topological polar surface area (TPSA) is 77.8 Å². The quantitative estimate of drug-likeness (QED) is 0.766. The Morgan fingerprint density at radius 1 is 1.44 bits per heavy atom. The molecule has 1 heterocycles. The van der Waals surface area contributed by atoms with Crippen molar-refractivity contribution in [3.63, 3.8) is 0 Å². The van der Waals surface area contributed by atoms with E-state index in [4.69, 9.17) is 23.1 Å². The zero-order chi connectivity index (χ0) is 13.6. The van der Waals surface area contributed by atoms with Crippen LogP contribution in [0.1, 0.15) is 38.8 Å². The van der Waals surface area contributed by atoms with Crippen molar-refractivity contribution in [1.29, 1.82) is 0 Å². The molecule has 4 N–H and O–H groups in total. The van der Waals surface area contributed by atoms with Gasteiger partial charge in [0, 0.05) is 6.04 Å². The van der Waals surface area contributed by atoms with Crippen LogP contribution in [-0.2, 0) is 5.54 Å². The Kier molecular flexibility index (Phi) is 3.34. The Balaban J connectivity index is 2.43. The van der Waals surface area contributed by atoms with Crippen molar-refractivity contribution < 1.29 is 4.39 Å². The SMILES string of the molecule is CC1(C)CC(N)CC(N)(c2nc(Cl)ncc2F)C1. The Hall–Kier alpha value is -0.780. The average Bonchev–Trinajstić information content (AvgIpc) is 2.17. The van der Waals surface area contributed by atoms with E-state index in [0.29, 0.717) is 12.8 Å². The molecule has 0 bridgehead atoms. The minimum atomic E-state index is -0.877. The van der Waals surface area contributed by atoms with Gasteiger partial charge in [-0.3, -0.25) is 0 Å². The van der Waals surface area contributed by atoms with Gasteiger partial charge in [0.1, 0.15) is 5.69 Å². The van der Waals surface area contributed by atoms with Crippen LogP contribution in [0.4, 0.5) is 4.39 Å². The molecule has 1 fully saturated rings. The molecule has 0 amide bonds. The predicted molar refractivity (Wildman–Crippen MR) is 68.5 cm³/mol. The highest BCUT2D eigenvalue weighted by atomic mass is 35.5. The van der Waals surface area contributed by atoms with Gasteiger partial charge in [-0.2, -0.15) is 0 Å². The maximum atomic E-state index is 13.9. The lowest BCUT2D eigenvalue weighted by Crippen LogP contribution is -2.52. The summed E-state index contributed by atoms with van der Waals surface area (Å²) < 4.78 is 13.9. The minimum absolute atomic E-state index is 0.00757. The van der Waals surface area contributed by atoms with Crippen molar-refractivity contribution in [3.8, 4) is 0 Å². The second-order valence-corrected chi connectivity index (χ2v) is 6.34. The summed E-state index contributed by atoms with van der Waals surface area (Å²) >= 11 is 5.73. The molecule has 1 aromatic rings. The fraction of sp³-hybridized carbons (Fsp3) is 0.667. The summed E-state index contributed by atoms with van der Waals surface area (Å²) in [4.78, 5) is 7.58.